The van der Waals surface area contributed by atoms with Gasteiger partial charge < -0.3 is 10.1 Å². The molecule has 0 spiro atoms. The molecule has 1 aromatic carbocycles. The van der Waals surface area contributed by atoms with E-state index < -0.39 is 0 Å². The number of hydrogen-bond donors (Lipinski definition) is 1. The third kappa shape index (κ3) is 4.96. The molecular formula is C15H18BrNO3. The van der Waals surface area contributed by atoms with Crippen molar-refractivity contribution in [1.29, 1.82) is 0 Å². The maximum Gasteiger partial charge on any atom is 0.310 e. The van der Waals surface area contributed by atoms with Gasteiger partial charge in [-0.05, 0) is 43.4 Å². The van der Waals surface area contributed by atoms with E-state index in [2.05, 4.69) is 21.2 Å². The second-order valence-corrected chi connectivity index (χ2v) is 6.07. The average Bonchev–Trinajstić information content (AvgIpc) is 3.23. The van der Waals surface area contributed by atoms with Crippen molar-refractivity contribution in [2.75, 3.05) is 6.61 Å². The van der Waals surface area contributed by atoms with Crippen molar-refractivity contribution in [1.82, 2.24) is 5.32 Å². The quantitative estimate of drug-likeness (QED) is 0.810. The SMILES string of the molecule is C[C@@H](NC(=O)COC(=O)Cc1ccc(Br)cc1)C1CC1. The molecule has 1 aliphatic rings. The largest absolute Gasteiger partial charge is 0.455 e. The Morgan fingerprint density at radius 3 is 2.60 bits per heavy atom. The van der Waals surface area contributed by atoms with Crippen LogP contribution in [0.2, 0.25) is 0 Å². The third-order valence-electron chi connectivity index (χ3n) is 3.34. The number of esters is 1. The summed E-state index contributed by atoms with van der Waals surface area (Å²) in [5.74, 6) is -0.0208. The van der Waals surface area contributed by atoms with E-state index in [0.717, 1.165) is 10.0 Å². The van der Waals surface area contributed by atoms with Crippen LogP contribution >= 0.6 is 15.9 Å². The minimum Gasteiger partial charge on any atom is -0.455 e. The highest BCUT2D eigenvalue weighted by atomic mass is 79.9. The van der Waals surface area contributed by atoms with E-state index >= 15 is 0 Å². The summed E-state index contributed by atoms with van der Waals surface area (Å²) >= 11 is 3.33. The van der Waals surface area contributed by atoms with E-state index in [-0.39, 0.29) is 30.9 Å². The molecular weight excluding hydrogens is 322 g/mol. The fraction of sp³-hybridized carbons (Fsp3) is 0.467. The van der Waals surface area contributed by atoms with Gasteiger partial charge in [0.25, 0.3) is 5.91 Å². The molecule has 4 nitrogen and oxygen atoms in total. The molecule has 20 heavy (non-hydrogen) atoms. The van der Waals surface area contributed by atoms with Crippen molar-refractivity contribution in [2.24, 2.45) is 5.92 Å². The van der Waals surface area contributed by atoms with Crippen molar-refractivity contribution in [2.45, 2.75) is 32.2 Å². The van der Waals surface area contributed by atoms with Crippen LogP contribution in [0.4, 0.5) is 0 Å². The highest BCUT2D eigenvalue weighted by Gasteiger charge is 2.28. The number of hydrogen-bond acceptors (Lipinski definition) is 3. The van der Waals surface area contributed by atoms with Gasteiger partial charge in [-0.2, -0.15) is 0 Å². The van der Waals surface area contributed by atoms with Gasteiger partial charge in [0.05, 0.1) is 6.42 Å². The van der Waals surface area contributed by atoms with E-state index in [0.29, 0.717) is 5.92 Å². The number of halogens is 1. The second-order valence-electron chi connectivity index (χ2n) is 5.16. The molecule has 0 radical (unpaired) electrons. The van der Waals surface area contributed by atoms with Crippen LogP contribution < -0.4 is 5.32 Å². The summed E-state index contributed by atoms with van der Waals surface area (Å²) in [7, 11) is 0. The van der Waals surface area contributed by atoms with Gasteiger partial charge in [0.15, 0.2) is 6.61 Å². The smallest absolute Gasteiger partial charge is 0.310 e. The number of carbonyl (C=O) groups excluding carboxylic acids is 2. The molecule has 1 atom stereocenters. The zero-order chi connectivity index (χ0) is 14.5. The number of carbonyl (C=O) groups is 2. The molecule has 1 N–H and O–H groups in total. The number of amides is 1. The zero-order valence-electron chi connectivity index (χ0n) is 11.4. The van der Waals surface area contributed by atoms with E-state index in [4.69, 9.17) is 4.74 Å². The molecule has 0 aliphatic heterocycles. The molecule has 5 heteroatoms. The molecule has 0 unspecified atom stereocenters. The average molecular weight is 340 g/mol. The summed E-state index contributed by atoms with van der Waals surface area (Å²) in [4.78, 5) is 23.2. The predicted molar refractivity (Wildman–Crippen MR) is 79.1 cm³/mol. The van der Waals surface area contributed by atoms with E-state index in [1.54, 1.807) is 0 Å². The van der Waals surface area contributed by atoms with Crippen molar-refractivity contribution in [3.8, 4) is 0 Å². The number of ether oxygens (including phenoxy) is 1. The van der Waals surface area contributed by atoms with Gasteiger partial charge in [-0.15, -0.1) is 0 Å². The maximum atomic E-state index is 11.6. The summed E-state index contributed by atoms with van der Waals surface area (Å²) in [6.45, 7) is 1.78. The van der Waals surface area contributed by atoms with Gasteiger partial charge in [0, 0.05) is 10.5 Å². The minimum absolute atomic E-state index is 0.174. The van der Waals surface area contributed by atoms with Crippen molar-refractivity contribution in [3.05, 3.63) is 34.3 Å². The Labute approximate surface area is 127 Å². The molecule has 1 amide bonds. The van der Waals surface area contributed by atoms with Gasteiger partial charge in [-0.3, -0.25) is 9.59 Å². The molecule has 0 saturated heterocycles. The van der Waals surface area contributed by atoms with E-state index in [1.807, 2.05) is 31.2 Å². The topological polar surface area (TPSA) is 55.4 Å². The van der Waals surface area contributed by atoms with E-state index in [1.165, 1.54) is 12.8 Å². The lowest BCUT2D eigenvalue weighted by molar-refractivity contribution is -0.148. The van der Waals surface area contributed by atoms with Crippen molar-refractivity contribution in [3.63, 3.8) is 0 Å². The first-order chi connectivity index (χ1) is 9.54. The number of rotatable bonds is 6. The van der Waals surface area contributed by atoms with Crippen LogP contribution in [0.3, 0.4) is 0 Å². The monoisotopic (exact) mass is 339 g/mol. The maximum absolute atomic E-state index is 11.6. The molecule has 1 aliphatic carbocycles. The standard InChI is InChI=1S/C15H18BrNO3/c1-10(12-4-5-12)17-14(18)9-20-15(19)8-11-2-6-13(16)7-3-11/h2-3,6-7,10,12H,4-5,8-9H2,1H3,(H,17,18)/t10-/m1/s1. The summed E-state index contributed by atoms with van der Waals surface area (Å²) in [5, 5.41) is 2.85. The number of nitrogens with one attached hydrogen (secondary N) is 1. The van der Waals surface area contributed by atoms with Gasteiger partial charge in [0.2, 0.25) is 0 Å². The van der Waals surface area contributed by atoms with Crippen LogP contribution in [0, 0.1) is 5.92 Å². The van der Waals surface area contributed by atoms with Crippen LogP contribution in [0.1, 0.15) is 25.3 Å². The lowest BCUT2D eigenvalue weighted by Crippen LogP contribution is -2.37. The summed E-state index contributed by atoms with van der Waals surface area (Å²) < 4.78 is 5.94. The predicted octanol–water partition coefficient (Wildman–Crippen LogP) is 2.45. The van der Waals surface area contributed by atoms with Crippen LogP contribution in [0.25, 0.3) is 0 Å². The Bertz CT molecular complexity index is 482. The fourth-order valence-electron chi connectivity index (χ4n) is 1.98. The second kappa shape index (κ2) is 6.88. The molecule has 1 fully saturated rings. The molecule has 108 valence electrons. The Balaban J connectivity index is 1.68. The molecule has 2 rings (SSSR count). The van der Waals surface area contributed by atoms with Gasteiger partial charge in [0.1, 0.15) is 0 Å². The molecule has 1 saturated carbocycles. The van der Waals surface area contributed by atoms with Crippen molar-refractivity contribution >= 4 is 27.8 Å². The Morgan fingerprint density at radius 1 is 1.35 bits per heavy atom. The van der Waals surface area contributed by atoms with Crippen LogP contribution in [0.5, 0.6) is 0 Å². The number of benzene rings is 1. The first-order valence-electron chi connectivity index (χ1n) is 6.74. The first-order valence-corrected chi connectivity index (χ1v) is 7.53. The normalized spacial score (nSPS) is 15.5. The molecule has 1 aromatic rings. The van der Waals surface area contributed by atoms with E-state index in [9.17, 15) is 9.59 Å². The van der Waals surface area contributed by atoms with Gasteiger partial charge in [-0.25, -0.2) is 0 Å². The Kier molecular flexibility index (Phi) is 5.17. The van der Waals surface area contributed by atoms with Crippen LogP contribution in [-0.2, 0) is 20.7 Å². The molecule has 0 bridgehead atoms. The third-order valence-corrected chi connectivity index (χ3v) is 3.87. The fourth-order valence-corrected chi connectivity index (χ4v) is 2.24. The molecule has 0 heterocycles. The van der Waals surface area contributed by atoms with Gasteiger partial charge in [-0.1, -0.05) is 28.1 Å². The summed E-state index contributed by atoms with van der Waals surface area (Å²) in [6.07, 6.45) is 2.52. The first kappa shape index (κ1) is 15.0. The van der Waals surface area contributed by atoms with Gasteiger partial charge >= 0.3 is 5.97 Å². The Morgan fingerprint density at radius 2 is 2.00 bits per heavy atom. The Hall–Kier alpha value is -1.36. The molecule has 0 aromatic heterocycles. The minimum atomic E-state index is -0.387. The van der Waals surface area contributed by atoms with Crippen LogP contribution in [-0.4, -0.2) is 24.5 Å². The summed E-state index contributed by atoms with van der Waals surface area (Å²) in [5.41, 5.74) is 0.866. The lowest BCUT2D eigenvalue weighted by Gasteiger charge is -2.12. The highest BCUT2D eigenvalue weighted by Crippen LogP contribution is 2.32. The highest BCUT2D eigenvalue weighted by molar-refractivity contribution is 9.10. The lowest BCUT2D eigenvalue weighted by atomic mass is 10.2. The zero-order valence-corrected chi connectivity index (χ0v) is 13.0. The van der Waals surface area contributed by atoms with Crippen LogP contribution in [0.15, 0.2) is 28.7 Å². The summed E-state index contributed by atoms with van der Waals surface area (Å²) in [6, 6.07) is 7.60. The van der Waals surface area contributed by atoms with Crippen molar-refractivity contribution < 1.29 is 14.3 Å².